The number of nitrogens with zero attached hydrogens (tertiary/aromatic N) is 2. The molecule has 0 aromatic heterocycles. The minimum absolute atomic E-state index is 0.274. The maximum Gasteiger partial charge on any atom is 0.276 e. The van der Waals surface area contributed by atoms with Gasteiger partial charge in [0.1, 0.15) is 0 Å². The molecule has 1 unspecified atom stereocenters. The van der Waals surface area contributed by atoms with Crippen LogP contribution in [-0.4, -0.2) is 27.5 Å². The van der Waals surface area contributed by atoms with Gasteiger partial charge in [-0.3, -0.25) is 4.79 Å². The van der Waals surface area contributed by atoms with Gasteiger partial charge in [0, 0.05) is 22.2 Å². The van der Waals surface area contributed by atoms with Gasteiger partial charge in [-0.15, -0.1) is 0 Å². The molecular formula is C13H15BrN2O2. The third kappa shape index (κ3) is 2.33. The maximum atomic E-state index is 12.3. The highest BCUT2D eigenvalue weighted by atomic mass is 79.9. The summed E-state index contributed by atoms with van der Waals surface area (Å²) < 4.78 is 0.908. The minimum Gasteiger partial charge on any atom is -0.369 e. The standard InChI is InChI=1S/C13H15BrN2O2/c1-3-13(18)8-9(2)15-16(13)12(17)10-4-6-11(14)7-5-10/h4-7,18H,3,8H2,1-2H3. The zero-order chi connectivity index (χ0) is 13.3. The van der Waals surface area contributed by atoms with E-state index in [0.29, 0.717) is 18.4 Å². The van der Waals surface area contributed by atoms with E-state index >= 15 is 0 Å². The quantitative estimate of drug-likeness (QED) is 0.913. The monoisotopic (exact) mass is 310 g/mol. The molecule has 4 nitrogen and oxygen atoms in total. The summed E-state index contributed by atoms with van der Waals surface area (Å²) in [6, 6.07) is 7.02. The largest absolute Gasteiger partial charge is 0.369 e. The summed E-state index contributed by atoms with van der Waals surface area (Å²) in [5.74, 6) is -0.274. The average molecular weight is 311 g/mol. The molecule has 0 fully saturated rings. The molecule has 1 atom stereocenters. The molecule has 1 aliphatic rings. The van der Waals surface area contributed by atoms with E-state index in [9.17, 15) is 9.90 Å². The number of hydrogen-bond donors (Lipinski definition) is 1. The summed E-state index contributed by atoms with van der Waals surface area (Å²) >= 11 is 3.32. The Kier molecular flexibility index (Phi) is 3.54. The van der Waals surface area contributed by atoms with Crippen molar-refractivity contribution < 1.29 is 9.90 Å². The zero-order valence-corrected chi connectivity index (χ0v) is 11.9. The van der Waals surface area contributed by atoms with E-state index in [1.807, 2.05) is 13.8 Å². The van der Waals surface area contributed by atoms with E-state index in [2.05, 4.69) is 21.0 Å². The molecular weight excluding hydrogens is 296 g/mol. The lowest BCUT2D eigenvalue weighted by atomic mass is 10.0. The summed E-state index contributed by atoms with van der Waals surface area (Å²) in [6.07, 6.45) is 0.863. The van der Waals surface area contributed by atoms with Gasteiger partial charge in [-0.25, -0.2) is 0 Å². The van der Waals surface area contributed by atoms with Crippen LogP contribution in [0.2, 0.25) is 0 Å². The summed E-state index contributed by atoms with van der Waals surface area (Å²) in [7, 11) is 0. The maximum absolute atomic E-state index is 12.3. The number of carbonyl (C=O) groups excluding carboxylic acids is 1. The van der Waals surface area contributed by atoms with E-state index in [0.717, 1.165) is 10.2 Å². The first kappa shape index (κ1) is 13.2. The van der Waals surface area contributed by atoms with Gasteiger partial charge in [0.2, 0.25) is 0 Å². The minimum atomic E-state index is -1.19. The molecule has 0 aliphatic carbocycles. The van der Waals surface area contributed by atoms with Crippen LogP contribution in [-0.2, 0) is 0 Å². The van der Waals surface area contributed by atoms with E-state index < -0.39 is 5.72 Å². The number of benzene rings is 1. The second kappa shape index (κ2) is 4.82. The highest BCUT2D eigenvalue weighted by Crippen LogP contribution is 2.29. The van der Waals surface area contributed by atoms with Gasteiger partial charge < -0.3 is 5.11 Å². The van der Waals surface area contributed by atoms with Gasteiger partial charge >= 0.3 is 0 Å². The number of amides is 1. The molecule has 2 rings (SSSR count). The van der Waals surface area contributed by atoms with Gasteiger partial charge in [-0.05, 0) is 37.6 Å². The predicted molar refractivity (Wildman–Crippen MR) is 73.3 cm³/mol. The van der Waals surface area contributed by atoms with Crippen LogP contribution in [0.4, 0.5) is 0 Å². The predicted octanol–water partition coefficient (Wildman–Crippen LogP) is 2.77. The number of aliphatic hydroxyl groups is 1. The smallest absolute Gasteiger partial charge is 0.276 e. The Balaban J connectivity index is 2.30. The van der Waals surface area contributed by atoms with E-state index in [1.165, 1.54) is 5.01 Å². The molecule has 1 aromatic carbocycles. The van der Waals surface area contributed by atoms with Crippen molar-refractivity contribution >= 4 is 27.5 Å². The van der Waals surface area contributed by atoms with Crippen molar-refractivity contribution in [3.05, 3.63) is 34.3 Å². The number of carbonyl (C=O) groups is 1. The fourth-order valence-corrected chi connectivity index (χ4v) is 2.27. The van der Waals surface area contributed by atoms with Crippen molar-refractivity contribution in [3.8, 4) is 0 Å². The third-order valence-electron chi connectivity index (χ3n) is 3.05. The van der Waals surface area contributed by atoms with Crippen LogP contribution < -0.4 is 0 Å². The van der Waals surface area contributed by atoms with Crippen LogP contribution in [0.25, 0.3) is 0 Å². The van der Waals surface area contributed by atoms with Gasteiger partial charge in [0.15, 0.2) is 5.72 Å². The first-order chi connectivity index (χ1) is 8.46. The van der Waals surface area contributed by atoms with Crippen LogP contribution in [0, 0.1) is 0 Å². The molecule has 0 saturated heterocycles. The Hall–Kier alpha value is -1.20. The summed E-state index contributed by atoms with van der Waals surface area (Å²) in [5.41, 5.74) is 0.0992. The molecule has 0 saturated carbocycles. The van der Waals surface area contributed by atoms with Crippen molar-refractivity contribution in [2.45, 2.75) is 32.4 Å². The van der Waals surface area contributed by atoms with Crippen LogP contribution in [0.1, 0.15) is 37.0 Å². The fraction of sp³-hybridized carbons (Fsp3) is 0.385. The van der Waals surface area contributed by atoms with Crippen LogP contribution in [0.3, 0.4) is 0 Å². The zero-order valence-electron chi connectivity index (χ0n) is 10.4. The lowest BCUT2D eigenvalue weighted by Crippen LogP contribution is -2.45. The Labute approximate surface area is 114 Å². The Morgan fingerprint density at radius 2 is 2.11 bits per heavy atom. The number of halogens is 1. The second-order valence-corrected chi connectivity index (χ2v) is 5.39. The van der Waals surface area contributed by atoms with Gasteiger partial charge in [-0.1, -0.05) is 22.9 Å². The molecule has 1 aromatic rings. The molecule has 5 heteroatoms. The number of hydrazone groups is 1. The van der Waals surface area contributed by atoms with E-state index in [-0.39, 0.29) is 5.91 Å². The van der Waals surface area contributed by atoms with Gasteiger partial charge in [0.05, 0.1) is 0 Å². The fourth-order valence-electron chi connectivity index (χ4n) is 2.01. The SMILES string of the molecule is CCC1(O)CC(C)=NN1C(=O)c1ccc(Br)cc1. The molecule has 1 heterocycles. The normalized spacial score (nSPS) is 23.1. The molecule has 18 heavy (non-hydrogen) atoms. The van der Waals surface area contributed by atoms with Crippen molar-refractivity contribution in [2.75, 3.05) is 0 Å². The summed E-state index contributed by atoms with van der Waals surface area (Å²) in [5, 5.41) is 15.7. The average Bonchev–Trinajstić information content (AvgIpc) is 2.65. The highest BCUT2D eigenvalue weighted by molar-refractivity contribution is 9.10. The molecule has 96 valence electrons. The topological polar surface area (TPSA) is 52.9 Å². The first-order valence-electron chi connectivity index (χ1n) is 5.83. The number of hydrogen-bond acceptors (Lipinski definition) is 3. The Morgan fingerprint density at radius 3 is 2.67 bits per heavy atom. The van der Waals surface area contributed by atoms with Crippen molar-refractivity contribution in [1.29, 1.82) is 0 Å². The Morgan fingerprint density at radius 1 is 1.50 bits per heavy atom. The summed E-state index contributed by atoms with van der Waals surface area (Å²) in [4.78, 5) is 12.3. The Bertz CT molecular complexity index is 498. The molecule has 0 spiro atoms. The van der Waals surface area contributed by atoms with Crippen molar-refractivity contribution in [3.63, 3.8) is 0 Å². The molecule has 0 bridgehead atoms. The first-order valence-corrected chi connectivity index (χ1v) is 6.62. The third-order valence-corrected chi connectivity index (χ3v) is 3.58. The second-order valence-electron chi connectivity index (χ2n) is 4.47. The molecule has 1 N–H and O–H groups in total. The van der Waals surface area contributed by atoms with E-state index in [4.69, 9.17) is 0 Å². The lowest BCUT2D eigenvalue weighted by molar-refractivity contribution is -0.0727. The lowest BCUT2D eigenvalue weighted by Gasteiger charge is -2.29. The van der Waals surface area contributed by atoms with Crippen LogP contribution >= 0.6 is 15.9 Å². The van der Waals surface area contributed by atoms with Gasteiger partial charge in [0.25, 0.3) is 5.91 Å². The van der Waals surface area contributed by atoms with Crippen LogP contribution in [0.15, 0.2) is 33.8 Å². The van der Waals surface area contributed by atoms with Gasteiger partial charge in [-0.2, -0.15) is 10.1 Å². The van der Waals surface area contributed by atoms with E-state index in [1.54, 1.807) is 24.3 Å². The van der Waals surface area contributed by atoms with Crippen molar-refractivity contribution in [1.82, 2.24) is 5.01 Å². The molecule has 0 radical (unpaired) electrons. The molecule has 1 aliphatic heterocycles. The molecule has 1 amide bonds. The van der Waals surface area contributed by atoms with Crippen LogP contribution in [0.5, 0.6) is 0 Å². The highest BCUT2D eigenvalue weighted by Gasteiger charge is 2.41. The summed E-state index contributed by atoms with van der Waals surface area (Å²) in [6.45, 7) is 3.66. The van der Waals surface area contributed by atoms with Crippen molar-refractivity contribution in [2.24, 2.45) is 5.10 Å². The number of rotatable bonds is 2.